The van der Waals surface area contributed by atoms with E-state index in [1.165, 1.54) is 11.3 Å². The summed E-state index contributed by atoms with van der Waals surface area (Å²) in [5.74, 6) is 1.18. The van der Waals surface area contributed by atoms with Gasteiger partial charge in [0.05, 0.1) is 14.2 Å². The highest BCUT2D eigenvalue weighted by Crippen LogP contribution is 2.27. The Labute approximate surface area is 162 Å². The number of aromatic nitrogens is 1. The average molecular weight is 383 g/mol. The number of hydrogen-bond acceptors (Lipinski definition) is 6. The summed E-state index contributed by atoms with van der Waals surface area (Å²) in [6, 6.07) is 15.5. The minimum absolute atomic E-state index is 0.187. The van der Waals surface area contributed by atoms with Crippen molar-refractivity contribution in [3.63, 3.8) is 0 Å². The zero-order valence-corrected chi connectivity index (χ0v) is 16.0. The van der Waals surface area contributed by atoms with Crippen LogP contribution in [0, 0.1) is 0 Å². The molecule has 7 heteroatoms. The van der Waals surface area contributed by atoms with Gasteiger partial charge in [-0.25, -0.2) is 4.98 Å². The molecule has 0 aliphatic heterocycles. The van der Waals surface area contributed by atoms with Crippen LogP contribution in [0.2, 0.25) is 0 Å². The van der Waals surface area contributed by atoms with E-state index >= 15 is 0 Å². The van der Waals surface area contributed by atoms with Gasteiger partial charge < -0.3 is 20.1 Å². The lowest BCUT2D eigenvalue weighted by molar-refractivity contribution is 0.0950. The van der Waals surface area contributed by atoms with Crippen molar-refractivity contribution in [1.82, 2.24) is 10.3 Å². The van der Waals surface area contributed by atoms with Gasteiger partial charge in [-0.1, -0.05) is 24.3 Å². The lowest BCUT2D eigenvalue weighted by Crippen LogP contribution is -2.26. The van der Waals surface area contributed by atoms with Crippen molar-refractivity contribution in [2.75, 3.05) is 26.1 Å². The summed E-state index contributed by atoms with van der Waals surface area (Å²) >= 11 is 1.40. The van der Waals surface area contributed by atoms with Crippen LogP contribution in [0.15, 0.2) is 53.9 Å². The van der Waals surface area contributed by atoms with E-state index in [4.69, 9.17) is 9.47 Å². The third-order valence-electron chi connectivity index (χ3n) is 3.91. The van der Waals surface area contributed by atoms with Crippen molar-refractivity contribution in [3.05, 3.63) is 65.2 Å². The maximum absolute atomic E-state index is 12.3. The highest BCUT2D eigenvalue weighted by atomic mass is 32.1. The average Bonchev–Trinajstić information content (AvgIpc) is 3.17. The number of amides is 1. The molecule has 1 heterocycles. The van der Waals surface area contributed by atoms with Gasteiger partial charge in [-0.3, -0.25) is 4.79 Å². The van der Waals surface area contributed by atoms with Crippen molar-refractivity contribution in [2.45, 2.75) is 6.42 Å². The number of nitrogens with zero attached hydrogens (tertiary/aromatic N) is 1. The van der Waals surface area contributed by atoms with Gasteiger partial charge in [0.25, 0.3) is 5.91 Å². The molecule has 0 saturated heterocycles. The molecule has 0 atom stereocenters. The molecule has 1 aromatic heterocycles. The standard InChI is InChI=1S/C20H21N3O3S/c1-25-17-9-8-14(12-18(17)26-2)10-11-21-19(24)16-13-27-20(23-16)22-15-6-4-3-5-7-15/h3-9,12-13H,10-11H2,1-2H3,(H,21,24)(H,22,23). The molecule has 1 amide bonds. The van der Waals surface area contributed by atoms with Crippen LogP contribution in [0.5, 0.6) is 11.5 Å². The van der Waals surface area contributed by atoms with Crippen molar-refractivity contribution in [2.24, 2.45) is 0 Å². The molecule has 0 radical (unpaired) electrons. The van der Waals surface area contributed by atoms with E-state index in [0.717, 1.165) is 11.3 Å². The maximum atomic E-state index is 12.3. The summed E-state index contributed by atoms with van der Waals surface area (Å²) in [4.78, 5) is 16.6. The maximum Gasteiger partial charge on any atom is 0.270 e. The number of carbonyl (C=O) groups excluding carboxylic acids is 1. The zero-order valence-electron chi connectivity index (χ0n) is 15.2. The normalized spacial score (nSPS) is 10.3. The van der Waals surface area contributed by atoms with Gasteiger partial charge >= 0.3 is 0 Å². The van der Waals surface area contributed by atoms with Crippen LogP contribution in [-0.2, 0) is 6.42 Å². The van der Waals surface area contributed by atoms with Crippen LogP contribution in [0.3, 0.4) is 0 Å². The molecule has 0 aliphatic carbocycles. The molecule has 27 heavy (non-hydrogen) atoms. The Kier molecular flexibility index (Phi) is 6.27. The van der Waals surface area contributed by atoms with Crippen molar-refractivity contribution >= 4 is 28.1 Å². The number of anilines is 2. The van der Waals surface area contributed by atoms with Crippen LogP contribution < -0.4 is 20.1 Å². The molecular weight excluding hydrogens is 362 g/mol. The summed E-state index contributed by atoms with van der Waals surface area (Å²) in [7, 11) is 3.21. The fourth-order valence-electron chi connectivity index (χ4n) is 2.53. The first-order valence-electron chi connectivity index (χ1n) is 8.46. The molecule has 0 spiro atoms. The third kappa shape index (κ3) is 4.98. The van der Waals surface area contributed by atoms with Gasteiger partial charge in [-0.15, -0.1) is 11.3 Å². The second-order valence-corrected chi connectivity index (χ2v) is 6.58. The Morgan fingerprint density at radius 1 is 1.07 bits per heavy atom. The molecule has 0 aliphatic rings. The first-order valence-corrected chi connectivity index (χ1v) is 9.34. The number of hydrogen-bond donors (Lipinski definition) is 2. The van der Waals surface area contributed by atoms with Crippen molar-refractivity contribution < 1.29 is 14.3 Å². The van der Waals surface area contributed by atoms with E-state index in [1.54, 1.807) is 19.6 Å². The Bertz CT molecular complexity index is 896. The Balaban J connectivity index is 1.52. The van der Waals surface area contributed by atoms with Crippen LogP contribution in [0.4, 0.5) is 10.8 Å². The number of benzene rings is 2. The highest BCUT2D eigenvalue weighted by molar-refractivity contribution is 7.14. The van der Waals surface area contributed by atoms with Crippen LogP contribution in [-0.4, -0.2) is 31.7 Å². The Morgan fingerprint density at radius 2 is 1.85 bits per heavy atom. The number of ether oxygens (including phenoxy) is 2. The van der Waals surface area contributed by atoms with Crippen molar-refractivity contribution in [1.29, 1.82) is 0 Å². The number of rotatable bonds is 8. The van der Waals surface area contributed by atoms with Crippen LogP contribution in [0.1, 0.15) is 16.1 Å². The van der Waals surface area contributed by atoms with E-state index in [9.17, 15) is 4.79 Å². The number of carbonyl (C=O) groups is 1. The summed E-state index contributed by atoms with van der Waals surface area (Å²) in [5.41, 5.74) is 2.40. The van der Waals surface area contributed by atoms with Gasteiger partial charge in [0.2, 0.25) is 0 Å². The summed E-state index contributed by atoms with van der Waals surface area (Å²) in [6.07, 6.45) is 0.686. The topological polar surface area (TPSA) is 72.5 Å². The number of thiazole rings is 1. The molecule has 3 rings (SSSR count). The third-order valence-corrected chi connectivity index (χ3v) is 4.67. The quantitative estimate of drug-likeness (QED) is 0.618. The molecule has 3 aromatic rings. The predicted octanol–water partition coefficient (Wildman–Crippen LogP) is 3.88. The van der Waals surface area contributed by atoms with Gasteiger partial charge in [0.15, 0.2) is 16.6 Å². The van der Waals surface area contributed by atoms with Crippen LogP contribution in [0.25, 0.3) is 0 Å². The lowest BCUT2D eigenvalue weighted by atomic mass is 10.1. The second-order valence-electron chi connectivity index (χ2n) is 5.72. The summed E-state index contributed by atoms with van der Waals surface area (Å²) in [5, 5.41) is 8.52. The van der Waals surface area contributed by atoms with Crippen LogP contribution >= 0.6 is 11.3 Å². The van der Waals surface area contributed by atoms with E-state index in [-0.39, 0.29) is 5.91 Å². The minimum Gasteiger partial charge on any atom is -0.493 e. The van der Waals surface area contributed by atoms with Crippen molar-refractivity contribution in [3.8, 4) is 11.5 Å². The van der Waals surface area contributed by atoms with Gasteiger partial charge in [-0.2, -0.15) is 0 Å². The van der Waals surface area contributed by atoms with E-state index in [0.29, 0.717) is 35.3 Å². The molecular formula is C20H21N3O3S. The molecule has 2 N–H and O–H groups in total. The van der Waals surface area contributed by atoms with Gasteiger partial charge in [0.1, 0.15) is 5.69 Å². The fourth-order valence-corrected chi connectivity index (χ4v) is 3.24. The summed E-state index contributed by atoms with van der Waals surface area (Å²) in [6.45, 7) is 0.507. The Hall–Kier alpha value is -3.06. The predicted molar refractivity (Wildman–Crippen MR) is 107 cm³/mol. The van der Waals surface area contributed by atoms with Gasteiger partial charge in [0, 0.05) is 17.6 Å². The van der Waals surface area contributed by atoms with E-state index < -0.39 is 0 Å². The molecule has 6 nitrogen and oxygen atoms in total. The number of para-hydroxylation sites is 1. The first-order chi connectivity index (χ1) is 13.2. The molecule has 0 saturated carbocycles. The number of methoxy groups -OCH3 is 2. The molecule has 0 fully saturated rings. The largest absolute Gasteiger partial charge is 0.493 e. The van der Waals surface area contributed by atoms with Gasteiger partial charge in [-0.05, 0) is 36.2 Å². The first kappa shape index (κ1) is 18.7. The number of nitrogens with one attached hydrogen (secondary N) is 2. The smallest absolute Gasteiger partial charge is 0.270 e. The molecule has 0 bridgehead atoms. The molecule has 2 aromatic carbocycles. The molecule has 0 unspecified atom stereocenters. The Morgan fingerprint density at radius 3 is 2.59 bits per heavy atom. The zero-order chi connectivity index (χ0) is 19.1. The fraction of sp³-hybridized carbons (Fsp3) is 0.200. The summed E-state index contributed by atoms with van der Waals surface area (Å²) < 4.78 is 10.5. The molecule has 140 valence electrons. The van der Waals surface area contributed by atoms with E-state index in [2.05, 4.69) is 15.6 Å². The monoisotopic (exact) mass is 383 g/mol. The minimum atomic E-state index is -0.187. The second kappa shape index (κ2) is 9.05. The highest BCUT2D eigenvalue weighted by Gasteiger charge is 2.11. The SMILES string of the molecule is COc1ccc(CCNC(=O)c2csc(Nc3ccccc3)n2)cc1OC. The lowest BCUT2D eigenvalue weighted by Gasteiger charge is -2.09. The van der Waals surface area contributed by atoms with E-state index in [1.807, 2.05) is 48.5 Å².